The zero-order valence-electron chi connectivity index (χ0n) is 14.5. The number of aryl methyl sites for hydroxylation is 1. The van der Waals surface area contributed by atoms with Crippen LogP contribution in [0.15, 0.2) is 48.9 Å². The number of nitrogens with zero attached hydrogens (tertiary/aromatic N) is 3. The summed E-state index contributed by atoms with van der Waals surface area (Å²) >= 11 is 0. The molecule has 0 aliphatic carbocycles. The summed E-state index contributed by atoms with van der Waals surface area (Å²) < 4.78 is 5.41. The molecule has 1 aromatic carbocycles. The molecular weight excluding hydrogens is 332 g/mol. The van der Waals surface area contributed by atoms with Gasteiger partial charge in [0.1, 0.15) is 11.3 Å². The van der Waals surface area contributed by atoms with Gasteiger partial charge in [-0.2, -0.15) is 0 Å². The number of benzene rings is 1. The van der Waals surface area contributed by atoms with E-state index in [2.05, 4.69) is 20.3 Å². The van der Waals surface area contributed by atoms with Gasteiger partial charge in [0.05, 0.1) is 11.1 Å². The minimum Gasteiger partial charge on any atom is -0.449 e. The number of carbonyl (C=O) groups excluding carboxylic acids is 2. The molecule has 0 saturated heterocycles. The average molecular weight is 350 g/mol. The molecule has 0 fully saturated rings. The van der Waals surface area contributed by atoms with Crippen LogP contribution >= 0.6 is 0 Å². The van der Waals surface area contributed by atoms with E-state index in [1.165, 1.54) is 6.20 Å². The SMILES string of the molecule is CCC(OC(=O)c1cccc2nccnc12)C(=O)Nc1cc(C)ccn1. The highest BCUT2D eigenvalue weighted by Crippen LogP contribution is 2.17. The zero-order valence-corrected chi connectivity index (χ0v) is 14.5. The number of para-hydroxylation sites is 1. The van der Waals surface area contributed by atoms with E-state index in [0.717, 1.165) is 5.56 Å². The lowest BCUT2D eigenvalue weighted by atomic mass is 10.1. The maximum absolute atomic E-state index is 12.6. The number of pyridine rings is 1. The highest BCUT2D eigenvalue weighted by molar-refractivity contribution is 6.03. The number of anilines is 1. The van der Waals surface area contributed by atoms with E-state index in [0.29, 0.717) is 23.3 Å². The van der Waals surface area contributed by atoms with Crippen molar-refractivity contribution in [2.24, 2.45) is 0 Å². The van der Waals surface area contributed by atoms with Crippen LogP contribution in [0.25, 0.3) is 11.0 Å². The third-order valence-corrected chi connectivity index (χ3v) is 3.80. The summed E-state index contributed by atoms with van der Waals surface area (Å²) in [4.78, 5) is 37.4. The van der Waals surface area contributed by atoms with Gasteiger partial charge in [0.25, 0.3) is 5.91 Å². The summed E-state index contributed by atoms with van der Waals surface area (Å²) in [5.74, 6) is -0.624. The minimum atomic E-state index is -0.934. The van der Waals surface area contributed by atoms with Crippen LogP contribution in [0, 0.1) is 6.92 Å². The molecule has 1 atom stereocenters. The molecule has 1 amide bonds. The molecule has 0 aliphatic rings. The van der Waals surface area contributed by atoms with Crippen molar-refractivity contribution in [2.75, 3.05) is 5.32 Å². The number of esters is 1. The topological polar surface area (TPSA) is 94.1 Å². The normalized spacial score (nSPS) is 11.8. The quantitative estimate of drug-likeness (QED) is 0.711. The van der Waals surface area contributed by atoms with E-state index >= 15 is 0 Å². The van der Waals surface area contributed by atoms with Crippen molar-refractivity contribution in [1.82, 2.24) is 15.0 Å². The molecule has 0 saturated carbocycles. The third kappa shape index (κ3) is 3.83. The first-order chi connectivity index (χ1) is 12.6. The Morgan fingerprint density at radius 1 is 1.12 bits per heavy atom. The van der Waals surface area contributed by atoms with E-state index in [9.17, 15) is 9.59 Å². The largest absolute Gasteiger partial charge is 0.449 e. The van der Waals surface area contributed by atoms with Crippen LogP contribution in [-0.4, -0.2) is 32.9 Å². The molecule has 2 aromatic heterocycles. The second kappa shape index (κ2) is 7.69. The lowest BCUT2D eigenvalue weighted by Gasteiger charge is -2.16. The average Bonchev–Trinajstić information content (AvgIpc) is 2.65. The van der Waals surface area contributed by atoms with E-state index in [1.807, 2.05) is 13.0 Å². The number of hydrogen-bond donors (Lipinski definition) is 1. The first-order valence-corrected chi connectivity index (χ1v) is 8.22. The molecule has 0 bridgehead atoms. The van der Waals surface area contributed by atoms with Crippen molar-refractivity contribution in [3.63, 3.8) is 0 Å². The molecular formula is C19H18N4O3. The summed E-state index contributed by atoms with van der Waals surface area (Å²) in [7, 11) is 0. The number of aromatic nitrogens is 3. The zero-order chi connectivity index (χ0) is 18.5. The lowest BCUT2D eigenvalue weighted by molar-refractivity contribution is -0.124. The van der Waals surface area contributed by atoms with Crippen LogP contribution in [0.1, 0.15) is 29.3 Å². The molecule has 3 aromatic rings. The molecule has 0 radical (unpaired) electrons. The molecule has 7 nitrogen and oxygen atoms in total. The highest BCUT2D eigenvalue weighted by atomic mass is 16.5. The lowest BCUT2D eigenvalue weighted by Crippen LogP contribution is -2.32. The van der Waals surface area contributed by atoms with E-state index in [-0.39, 0.29) is 5.56 Å². The predicted molar refractivity (Wildman–Crippen MR) is 96.6 cm³/mol. The van der Waals surface area contributed by atoms with Gasteiger partial charge in [-0.25, -0.2) is 9.78 Å². The van der Waals surface area contributed by atoms with Crippen LogP contribution in [0.4, 0.5) is 5.82 Å². The number of rotatable bonds is 5. The monoisotopic (exact) mass is 350 g/mol. The molecule has 0 spiro atoms. The molecule has 0 aliphatic heterocycles. The number of carbonyl (C=O) groups is 2. The van der Waals surface area contributed by atoms with Crippen LogP contribution in [0.2, 0.25) is 0 Å². The highest BCUT2D eigenvalue weighted by Gasteiger charge is 2.23. The van der Waals surface area contributed by atoms with Crippen molar-refractivity contribution in [3.05, 3.63) is 60.0 Å². The van der Waals surface area contributed by atoms with Crippen molar-refractivity contribution >= 4 is 28.7 Å². The van der Waals surface area contributed by atoms with Gasteiger partial charge in [0.2, 0.25) is 0 Å². The third-order valence-electron chi connectivity index (χ3n) is 3.80. The van der Waals surface area contributed by atoms with Gasteiger partial charge in [0.15, 0.2) is 6.10 Å². The molecule has 3 rings (SSSR count). The fraction of sp³-hybridized carbons (Fsp3) is 0.211. The second-order valence-corrected chi connectivity index (χ2v) is 5.74. The van der Waals surface area contributed by atoms with E-state index < -0.39 is 18.0 Å². The van der Waals surface area contributed by atoms with Gasteiger partial charge in [-0.3, -0.25) is 14.8 Å². The molecule has 7 heteroatoms. The minimum absolute atomic E-state index is 0.274. The first-order valence-electron chi connectivity index (χ1n) is 8.22. The van der Waals surface area contributed by atoms with Crippen molar-refractivity contribution < 1.29 is 14.3 Å². The van der Waals surface area contributed by atoms with Crippen molar-refractivity contribution in [3.8, 4) is 0 Å². The Kier molecular flexibility index (Phi) is 5.17. The number of fused-ring (bicyclic) bond motifs is 1. The molecule has 1 N–H and O–H groups in total. The van der Waals surface area contributed by atoms with Crippen LogP contribution in [-0.2, 0) is 9.53 Å². The molecule has 26 heavy (non-hydrogen) atoms. The Labute approximate surface area is 150 Å². The summed E-state index contributed by atoms with van der Waals surface area (Å²) in [5, 5.41) is 2.67. The van der Waals surface area contributed by atoms with Crippen LogP contribution < -0.4 is 5.32 Å². The summed E-state index contributed by atoms with van der Waals surface area (Å²) in [6, 6.07) is 8.63. The fourth-order valence-electron chi connectivity index (χ4n) is 2.48. The first kappa shape index (κ1) is 17.5. The second-order valence-electron chi connectivity index (χ2n) is 5.74. The smallest absolute Gasteiger partial charge is 0.341 e. The predicted octanol–water partition coefficient (Wildman–Crippen LogP) is 2.91. The molecule has 1 unspecified atom stereocenters. The van der Waals surface area contributed by atoms with Gasteiger partial charge < -0.3 is 10.1 Å². The Morgan fingerprint density at radius 2 is 1.92 bits per heavy atom. The van der Waals surface area contributed by atoms with E-state index in [4.69, 9.17) is 4.74 Å². The van der Waals surface area contributed by atoms with Gasteiger partial charge in [-0.05, 0) is 43.2 Å². The maximum atomic E-state index is 12.6. The van der Waals surface area contributed by atoms with Gasteiger partial charge >= 0.3 is 5.97 Å². The number of amides is 1. The molecule has 132 valence electrons. The Balaban J connectivity index is 1.76. The summed E-state index contributed by atoms with van der Waals surface area (Å²) in [6.07, 6.45) is 4.06. The number of hydrogen-bond acceptors (Lipinski definition) is 6. The standard InChI is InChI=1S/C19H18N4O3/c1-3-15(18(24)23-16-11-12(2)7-8-21-16)26-19(25)13-5-4-6-14-17(13)22-10-9-20-14/h4-11,15H,3H2,1-2H3,(H,21,23,24). The fourth-order valence-corrected chi connectivity index (χ4v) is 2.48. The summed E-state index contributed by atoms with van der Waals surface area (Å²) in [5.41, 5.74) is 2.27. The summed E-state index contributed by atoms with van der Waals surface area (Å²) in [6.45, 7) is 3.67. The van der Waals surface area contributed by atoms with Crippen LogP contribution in [0.3, 0.4) is 0 Å². The Morgan fingerprint density at radius 3 is 2.69 bits per heavy atom. The van der Waals surface area contributed by atoms with Gasteiger partial charge in [-0.1, -0.05) is 13.0 Å². The van der Waals surface area contributed by atoms with Gasteiger partial charge in [0, 0.05) is 18.6 Å². The molecule has 2 heterocycles. The number of nitrogens with one attached hydrogen (secondary N) is 1. The van der Waals surface area contributed by atoms with Crippen molar-refractivity contribution in [2.45, 2.75) is 26.4 Å². The Hall–Kier alpha value is -3.35. The van der Waals surface area contributed by atoms with Gasteiger partial charge in [-0.15, -0.1) is 0 Å². The van der Waals surface area contributed by atoms with Crippen LogP contribution in [0.5, 0.6) is 0 Å². The number of ether oxygens (including phenoxy) is 1. The Bertz CT molecular complexity index is 953. The van der Waals surface area contributed by atoms with E-state index in [1.54, 1.807) is 43.6 Å². The maximum Gasteiger partial charge on any atom is 0.341 e. The van der Waals surface area contributed by atoms with Crippen molar-refractivity contribution in [1.29, 1.82) is 0 Å².